The Labute approximate surface area is 97.5 Å². The first-order chi connectivity index (χ1) is 7.08. The largest absolute Gasteiger partial charge is 0.326 e. The summed E-state index contributed by atoms with van der Waals surface area (Å²) in [5.74, 6) is 3.46. The van der Waals surface area contributed by atoms with Gasteiger partial charge in [0.1, 0.15) is 0 Å². The van der Waals surface area contributed by atoms with Crippen LogP contribution in [0.4, 0.5) is 0 Å². The highest BCUT2D eigenvalue weighted by molar-refractivity contribution is 7.79. The summed E-state index contributed by atoms with van der Waals surface area (Å²) in [6.45, 7) is 6.72. The minimum absolute atomic E-state index is 0.535. The van der Waals surface area contributed by atoms with Crippen molar-refractivity contribution in [3.05, 3.63) is 33.4 Å². The minimum atomic E-state index is 0.535. The van der Waals surface area contributed by atoms with Crippen LogP contribution in [-0.2, 0) is 12.3 Å². The summed E-state index contributed by atoms with van der Waals surface area (Å²) in [6, 6.07) is 0. The van der Waals surface area contributed by atoms with Crippen LogP contribution in [0.25, 0.3) is 0 Å². The second-order valence-corrected chi connectivity index (χ2v) is 4.03. The fourth-order valence-corrected chi connectivity index (χ4v) is 2.56. The predicted octanol–water partition coefficient (Wildman–Crippen LogP) is 2.48. The van der Waals surface area contributed by atoms with E-state index in [1.807, 2.05) is 6.92 Å². The second kappa shape index (κ2) is 4.74. The van der Waals surface area contributed by atoms with Crippen molar-refractivity contribution >= 4 is 12.6 Å². The zero-order valence-electron chi connectivity index (χ0n) is 9.52. The number of hydrogen-bond acceptors (Lipinski definition) is 2. The topological polar surface area (TPSA) is 26.0 Å². The van der Waals surface area contributed by atoms with E-state index in [0.717, 1.165) is 16.7 Å². The molecule has 0 aliphatic rings. The lowest BCUT2D eigenvalue weighted by molar-refractivity contribution is 1.00. The van der Waals surface area contributed by atoms with Gasteiger partial charge in [-0.15, -0.1) is 6.42 Å². The molecule has 1 aromatic carbocycles. The van der Waals surface area contributed by atoms with Gasteiger partial charge in [-0.25, -0.2) is 0 Å². The molecular weight excluding hydrogens is 202 g/mol. The lowest BCUT2D eigenvalue weighted by Crippen LogP contribution is -2.08. The third kappa shape index (κ3) is 1.90. The fourth-order valence-electron chi connectivity index (χ4n) is 2.09. The van der Waals surface area contributed by atoms with Crippen LogP contribution in [0.3, 0.4) is 0 Å². The van der Waals surface area contributed by atoms with E-state index in [0.29, 0.717) is 12.3 Å². The number of hydrogen-bond donors (Lipinski definition) is 2. The van der Waals surface area contributed by atoms with Gasteiger partial charge in [-0.2, -0.15) is 12.6 Å². The van der Waals surface area contributed by atoms with Gasteiger partial charge < -0.3 is 5.73 Å². The Morgan fingerprint density at radius 2 is 1.67 bits per heavy atom. The molecule has 0 heterocycles. The molecule has 0 amide bonds. The first kappa shape index (κ1) is 12.2. The molecule has 1 aromatic rings. The minimum Gasteiger partial charge on any atom is -0.326 e. The molecule has 0 unspecified atom stereocenters. The van der Waals surface area contributed by atoms with Crippen molar-refractivity contribution in [2.24, 2.45) is 5.73 Å². The molecule has 15 heavy (non-hydrogen) atoms. The molecule has 1 rings (SSSR count). The van der Waals surface area contributed by atoms with Gasteiger partial charge in [0.05, 0.1) is 0 Å². The van der Waals surface area contributed by atoms with Crippen molar-refractivity contribution in [1.82, 2.24) is 0 Å². The van der Waals surface area contributed by atoms with Crippen LogP contribution in [0.1, 0.15) is 33.4 Å². The zero-order chi connectivity index (χ0) is 11.6. The average molecular weight is 219 g/mol. The Balaban J connectivity index is 3.67. The molecule has 0 saturated carbocycles. The molecular formula is C13H17NS. The van der Waals surface area contributed by atoms with Crippen LogP contribution in [-0.4, -0.2) is 0 Å². The molecule has 80 valence electrons. The number of thiol groups is 1. The Morgan fingerprint density at radius 1 is 1.13 bits per heavy atom. The summed E-state index contributed by atoms with van der Waals surface area (Å²) in [5, 5.41) is 0. The van der Waals surface area contributed by atoms with Crippen LogP contribution in [0, 0.1) is 33.1 Å². The highest BCUT2D eigenvalue weighted by Gasteiger charge is 2.13. The van der Waals surface area contributed by atoms with E-state index in [9.17, 15) is 0 Å². The smallest absolute Gasteiger partial charge is 0.0307 e. The third-order valence-corrected chi connectivity index (χ3v) is 3.38. The Bertz CT molecular complexity index is 396. The standard InChI is InChI=1S/C13H17NS/c1-5-11-8(2)12(6-14)10(4)13(7-15)9(11)3/h1,15H,6-7,14H2,2-4H3. The number of rotatable bonds is 2. The number of terminal acetylenes is 1. The van der Waals surface area contributed by atoms with Crippen molar-refractivity contribution in [1.29, 1.82) is 0 Å². The van der Waals surface area contributed by atoms with Crippen molar-refractivity contribution in [2.75, 3.05) is 0 Å². The van der Waals surface area contributed by atoms with E-state index in [1.165, 1.54) is 16.7 Å². The van der Waals surface area contributed by atoms with Crippen LogP contribution in [0.2, 0.25) is 0 Å². The normalized spacial score (nSPS) is 10.1. The summed E-state index contributed by atoms with van der Waals surface area (Å²) in [7, 11) is 0. The summed E-state index contributed by atoms with van der Waals surface area (Å²) < 4.78 is 0. The van der Waals surface area contributed by atoms with Gasteiger partial charge in [0.25, 0.3) is 0 Å². The number of nitrogens with two attached hydrogens (primary N) is 1. The first-order valence-corrected chi connectivity index (χ1v) is 5.60. The predicted molar refractivity (Wildman–Crippen MR) is 69.2 cm³/mol. The van der Waals surface area contributed by atoms with E-state index in [-0.39, 0.29) is 0 Å². The molecule has 1 nitrogen and oxygen atoms in total. The van der Waals surface area contributed by atoms with Crippen LogP contribution in [0.15, 0.2) is 0 Å². The highest BCUT2D eigenvalue weighted by Crippen LogP contribution is 2.27. The molecule has 0 atom stereocenters. The van der Waals surface area contributed by atoms with Gasteiger partial charge in [-0.1, -0.05) is 5.92 Å². The Morgan fingerprint density at radius 3 is 2.07 bits per heavy atom. The molecule has 0 saturated heterocycles. The number of benzene rings is 1. The molecule has 0 aliphatic carbocycles. The summed E-state index contributed by atoms with van der Waals surface area (Å²) in [5.41, 5.74) is 12.7. The van der Waals surface area contributed by atoms with Crippen molar-refractivity contribution in [3.63, 3.8) is 0 Å². The van der Waals surface area contributed by atoms with Crippen molar-refractivity contribution in [3.8, 4) is 12.3 Å². The molecule has 0 bridgehead atoms. The van der Waals surface area contributed by atoms with Crippen molar-refractivity contribution in [2.45, 2.75) is 33.1 Å². The average Bonchev–Trinajstić information content (AvgIpc) is 2.19. The monoisotopic (exact) mass is 219 g/mol. The van der Waals surface area contributed by atoms with E-state index < -0.39 is 0 Å². The molecule has 0 aromatic heterocycles. The van der Waals surface area contributed by atoms with E-state index in [2.05, 4.69) is 32.4 Å². The fraction of sp³-hybridized carbons (Fsp3) is 0.385. The lowest BCUT2D eigenvalue weighted by Gasteiger charge is -2.17. The highest BCUT2D eigenvalue weighted by atomic mass is 32.1. The molecule has 0 aliphatic heterocycles. The lowest BCUT2D eigenvalue weighted by atomic mass is 9.89. The molecule has 0 spiro atoms. The van der Waals surface area contributed by atoms with Crippen LogP contribution >= 0.6 is 12.6 Å². The molecule has 0 radical (unpaired) electrons. The van der Waals surface area contributed by atoms with E-state index >= 15 is 0 Å². The molecule has 2 heteroatoms. The van der Waals surface area contributed by atoms with Crippen LogP contribution in [0.5, 0.6) is 0 Å². The molecule has 0 fully saturated rings. The SMILES string of the molecule is C#Cc1c(C)c(CN)c(C)c(CS)c1C. The summed E-state index contributed by atoms with van der Waals surface area (Å²) in [6.07, 6.45) is 5.53. The van der Waals surface area contributed by atoms with Gasteiger partial charge in [0, 0.05) is 17.9 Å². The maximum atomic E-state index is 5.76. The van der Waals surface area contributed by atoms with Gasteiger partial charge in [0.2, 0.25) is 0 Å². The maximum absolute atomic E-state index is 5.76. The molecule has 2 N–H and O–H groups in total. The summed E-state index contributed by atoms with van der Waals surface area (Å²) in [4.78, 5) is 0. The van der Waals surface area contributed by atoms with Crippen molar-refractivity contribution < 1.29 is 0 Å². The van der Waals surface area contributed by atoms with Gasteiger partial charge in [0.15, 0.2) is 0 Å². The zero-order valence-corrected chi connectivity index (χ0v) is 10.4. The Kier molecular flexibility index (Phi) is 3.84. The third-order valence-electron chi connectivity index (χ3n) is 3.07. The quantitative estimate of drug-likeness (QED) is 0.580. The maximum Gasteiger partial charge on any atom is 0.0307 e. The second-order valence-electron chi connectivity index (χ2n) is 3.71. The van der Waals surface area contributed by atoms with E-state index in [1.54, 1.807) is 0 Å². The van der Waals surface area contributed by atoms with Gasteiger partial charge in [-0.05, 0) is 48.6 Å². The van der Waals surface area contributed by atoms with E-state index in [4.69, 9.17) is 12.2 Å². The summed E-state index contributed by atoms with van der Waals surface area (Å²) >= 11 is 4.35. The van der Waals surface area contributed by atoms with Gasteiger partial charge in [-0.3, -0.25) is 0 Å². The van der Waals surface area contributed by atoms with Crippen LogP contribution < -0.4 is 5.73 Å². The Hall–Kier alpha value is -0.910. The first-order valence-electron chi connectivity index (χ1n) is 4.97. The van der Waals surface area contributed by atoms with Gasteiger partial charge >= 0.3 is 0 Å².